The van der Waals surface area contributed by atoms with Crippen molar-refractivity contribution in [2.45, 2.75) is 12.5 Å². The first-order valence-corrected chi connectivity index (χ1v) is 5.34. The van der Waals surface area contributed by atoms with E-state index in [1.165, 1.54) is 26.4 Å². The van der Waals surface area contributed by atoms with Crippen LogP contribution >= 0.6 is 0 Å². The van der Waals surface area contributed by atoms with Gasteiger partial charge in [0.05, 0.1) is 30.8 Å². The Morgan fingerprint density at radius 1 is 1.37 bits per heavy atom. The minimum absolute atomic E-state index is 0.168. The molecule has 0 aromatic heterocycles. The van der Waals surface area contributed by atoms with E-state index < -0.39 is 16.9 Å². The fourth-order valence-electron chi connectivity index (χ4n) is 1.67. The third-order valence-corrected chi connectivity index (χ3v) is 2.55. The van der Waals surface area contributed by atoms with Gasteiger partial charge in [-0.05, 0) is 6.07 Å². The van der Waals surface area contributed by atoms with Crippen molar-refractivity contribution in [1.82, 2.24) is 0 Å². The first kappa shape index (κ1) is 14.7. The Morgan fingerprint density at radius 2 is 1.89 bits per heavy atom. The van der Waals surface area contributed by atoms with Crippen molar-refractivity contribution in [3.05, 3.63) is 27.8 Å². The highest BCUT2D eigenvalue weighted by atomic mass is 16.6. The molecule has 0 radical (unpaired) electrons. The molecule has 0 bridgehead atoms. The molecular formula is C11H15N3O5. The van der Waals surface area contributed by atoms with Crippen molar-refractivity contribution in [2.75, 3.05) is 14.2 Å². The summed E-state index contributed by atoms with van der Waals surface area (Å²) in [5.41, 5.74) is 10.7. The van der Waals surface area contributed by atoms with Gasteiger partial charge in [0.2, 0.25) is 5.91 Å². The maximum Gasteiger partial charge on any atom is 0.278 e. The summed E-state index contributed by atoms with van der Waals surface area (Å²) in [5.74, 6) is -0.135. The van der Waals surface area contributed by atoms with E-state index >= 15 is 0 Å². The minimum Gasteiger partial charge on any atom is -0.493 e. The van der Waals surface area contributed by atoms with Crippen molar-refractivity contribution >= 4 is 11.6 Å². The second-order valence-corrected chi connectivity index (χ2v) is 3.80. The summed E-state index contributed by atoms with van der Waals surface area (Å²) in [6.45, 7) is 0. The Labute approximate surface area is 109 Å². The molecule has 1 atom stereocenters. The van der Waals surface area contributed by atoms with Gasteiger partial charge in [0, 0.05) is 12.5 Å². The van der Waals surface area contributed by atoms with Gasteiger partial charge in [-0.2, -0.15) is 0 Å². The highest BCUT2D eigenvalue weighted by Gasteiger charge is 2.24. The minimum atomic E-state index is -0.877. The van der Waals surface area contributed by atoms with Gasteiger partial charge in [0.1, 0.15) is 0 Å². The lowest BCUT2D eigenvalue weighted by molar-refractivity contribution is -0.385. The molecule has 1 amide bonds. The van der Waals surface area contributed by atoms with Crippen LogP contribution in [0.2, 0.25) is 0 Å². The number of rotatable bonds is 6. The Morgan fingerprint density at radius 3 is 2.32 bits per heavy atom. The Kier molecular flexibility index (Phi) is 4.65. The maximum absolute atomic E-state index is 11.0. The average Bonchev–Trinajstić information content (AvgIpc) is 2.35. The van der Waals surface area contributed by atoms with Crippen LogP contribution in [0.4, 0.5) is 5.69 Å². The summed E-state index contributed by atoms with van der Waals surface area (Å²) in [7, 11) is 2.76. The standard InChI is InChI=1S/C11H15N3O5/c1-18-9-3-6(7(12)4-11(13)15)8(14(16)17)5-10(9)19-2/h3,5,7H,4,12H2,1-2H3,(H2,13,15). The van der Waals surface area contributed by atoms with Gasteiger partial charge in [0.15, 0.2) is 11.5 Å². The van der Waals surface area contributed by atoms with E-state index in [1.807, 2.05) is 0 Å². The van der Waals surface area contributed by atoms with Crippen molar-refractivity contribution in [3.8, 4) is 11.5 Å². The van der Waals surface area contributed by atoms with Crippen LogP contribution in [0.25, 0.3) is 0 Å². The monoisotopic (exact) mass is 269 g/mol. The van der Waals surface area contributed by atoms with Crippen LogP contribution in [0.5, 0.6) is 11.5 Å². The molecule has 19 heavy (non-hydrogen) atoms. The van der Waals surface area contributed by atoms with Crippen LogP contribution in [0.15, 0.2) is 12.1 Å². The lowest BCUT2D eigenvalue weighted by Gasteiger charge is -2.14. The second-order valence-electron chi connectivity index (χ2n) is 3.80. The van der Waals surface area contributed by atoms with Gasteiger partial charge in [-0.3, -0.25) is 14.9 Å². The molecule has 1 unspecified atom stereocenters. The molecule has 8 nitrogen and oxygen atoms in total. The van der Waals surface area contributed by atoms with Gasteiger partial charge < -0.3 is 20.9 Å². The van der Waals surface area contributed by atoms with Gasteiger partial charge in [-0.1, -0.05) is 0 Å². The predicted molar refractivity (Wildman–Crippen MR) is 66.9 cm³/mol. The van der Waals surface area contributed by atoms with E-state index in [9.17, 15) is 14.9 Å². The van der Waals surface area contributed by atoms with Crippen LogP contribution in [0.3, 0.4) is 0 Å². The van der Waals surface area contributed by atoms with E-state index in [1.54, 1.807) is 0 Å². The zero-order valence-corrected chi connectivity index (χ0v) is 10.6. The molecule has 4 N–H and O–H groups in total. The number of nitro benzene ring substituents is 1. The molecule has 8 heteroatoms. The molecule has 0 spiro atoms. The molecular weight excluding hydrogens is 254 g/mol. The zero-order chi connectivity index (χ0) is 14.6. The smallest absolute Gasteiger partial charge is 0.278 e. The number of ether oxygens (including phenoxy) is 2. The van der Waals surface area contributed by atoms with Crippen LogP contribution in [0.1, 0.15) is 18.0 Å². The van der Waals surface area contributed by atoms with E-state index in [0.29, 0.717) is 5.75 Å². The molecule has 0 aliphatic carbocycles. The molecule has 1 rings (SSSR count). The van der Waals surface area contributed by atoms with E-state index in [4.69, 9.17) is 20.9 Å². The molecule has 1 aromatic rings. The average molecular weight is 269 g/mol. The third kappa shape index (κ3) is 3.32. The molecule has 0 fully saturated rings. The molecule has 0 saturated heterocycles. The summed E-state index contributed by atoms with van der Waals surface area (Å²) in [6.07, 6.45) is -0.198. The Bertz CT molecular complexity index is 503. The van der Waals surface area contributed by atoms with Crippen molar-refractivity contribution in [3.63, 3.8) is 0 Å². The van der Waals surface area contributed by atoms with Gasteiger partial charge >= 0.3 is 0 Å². The summed E-state index contributed by atoms with van der Waals surface area (Å²) in [4.78, 5) is 21.3. The molecule has 0 saturated carbocycles. The molecule has 104 valence electrons. The summed E-state index contributed by atoms with van der Waals surface area (Å²) in [6, 6.07) is 1.71. The largest absolute Gasteiger partial charge is 0.493 e. The number of amides is 1. The van der Waals surface area contributed by atoms with Crippen LogP contribution in [0, 0.1) is 10.1 Å². The number of primary amides is 1. The van der Waals surface area contributed by atoms with E-state index in [-0.39, 0.29) is 23.4 Å². The molecule has 0 aliphatic rings. The molecule has 0 heterocycles. The van der Waals surface area contributed by atoms with Gasteiger partial charge in [0.25, 0.3) is 5.69 Å². The number of methoxy groups -OCH3 is 2. The maximum atomic E-state index is 11.0. The number of benzene rings is 1. The van der Waals surface area contributed by atoms with Crippen molar-refractivity contribution in [1.29, 1.82) is 0 Å². The van der Waals surface area contributed by atoms with Crippen LogP contribution in [-0.4, -0.2) is 25.1 Å². The quantitative estimate of drug-likeness (QED) is 0.570. The number of nitrogens with zero attached hydrogens (tertiary/aromatic N) is 1. The number of hydrogen-bond donors (Lipinski definition) is 2. The number of nitro groups is 1. The summed E-state index contributed by atoms with van der Waals surface area (Å²) < 4.78 is 10.0. The lowest BCUT2D eigenvalue weighted by Crippen LogP contribution is -2.21. The highest BCUT2D eigenvalue weighted by Crippen LogP contribution is 2.37. The SMILES string of the molecule is COc1cc(C(N)CC(N)=O)c([N+](=O)[O-])cc1OC. The molecule has 0 aliphatic heterocycles. The number of hydrogen-bond acceptors (Lipinski definition) is 6. The lowest BCUT2D eigenvalue weighted by atomic mass is 10.0. The normalized spacial score (nSPS) is 11.7. The fourth-order valence-corrected chi connectivity index (χ4v) is 1.67. The number of carbonyl (C=O) groups is 1. The van der Waals surface area contributed by atoms with E-state index in [2.05, 4.69) is 0 Å². The predicted octanol–water partition coefficient (Wildman–Crippen LogP) is 0.487. The highest BCUT2D eigenvalue weighted by molar-refractivity contribution is 5.75. The number of nitrogens with two attached hydrogens (primary N) is 2. The summed E-state index contributed by atoms with van der Waals surface area (Å²) >= 11 is 0. The van der Waals surface area contributed by atoms with Gasteiger partial charge in [-0.25, -0.2) is 0 Å². The van der Waals surface area contributed by atoms with Crippen LogP contribution in [-0.2, 0) is 4.79 Å². The third-order valence-electron chi connectivity index (χ3n) is 2.55. The number of carbonyl (C=O) groups excluding carboxylic acids is 1. The first-order valence-electron chi connectivity index (χ1n) is 5.34. The van der Waals surface area contributed by atoms with Crippen molar-refractivity contribution < 1.29 is 19.2 Å². The fraction of sp³-hybridized carbons (Fsp3) is 0.364. The van der Waals surface area contributed by atoms with Crippen LogP contribution < -0.4 is 20.9 Å². The Balaban J connectivity index is 3.34. The van der Waals surface area contributed by atoms with Crippen molar-refractivity contribution in [2.24, 2.45) is 11.5 Å². The second kappa shape index (κ2) is 6.01. The zero-order valence-electron chi connectivity index (χ0n) is 10.6. The molecule has 1 aromatic carbocycles. The summed E-state index contributed by atoms with van der Waals surface area (Å²) in [5, 5.41) is 11.0. The first-order chi connectivity index (χ1) is 8.90. The van der Waals surface area contributed by atoms with E-state index in [0.717, 1.165) is 0 Å². The topological polar surface area (TPSA) is 131 Å². The Hall–Kier alpha value is -2.35. The van der Waals surface area contributed by atoms with Gasteiger partial charge in [-0.15, -0.1) is 0 Å².